The van der Waals surface area contributed by atoms with Crippen LogP contribution in [-0.4, -0.2) is 59.0 Å². The van der Waals surface area contributed by atoms with Gasteiger partial charge in [0.2, 0.25) is 5.91 Å². The van der Waals surface area contributed by atoms with Crippen LogP contribution in [0.1, 0.15) is 16.9 Å². The minimum atomic E-state index is -0.411. The molecule has 0 saturated carbocycles. The molecule has 1 fully saturated rings. The summed E-state index contributed by atoms with van der Waals surface area (Å²) >= 11 is 0. The third-order valence-corrected chi connectivity index (χ3v) is 5.37. The number of hydrazine groups is 1. The molecule has 1 saturated heterocycles. The molecule has 1 aromatic heterocycles. The van der Waals surface area contributed by atoms with E-state index in [1.54, 1.807) is 10.9 Å². The van der Waals surface area contributed by atoms with Crippen molar-refractivity contribution in [2.75, 3.05) is 37.6 Å². The minimum absolute atomic E-state index is 0.218. The molecular formula is C23H26N6O2. The number of piperazine rings is 1. The molecule has 0 spiro atoms. The molecule has 2 aromatic carbocycles. The Kier molecular flexibility index (Phi) is 6.59. The van der Waals surface area contributed by atoms with Gasteiger partial charge in [-0.25, -0.2) is 4.98 Å². The SMILES string of the molecule is O=C(CCN1CCN(c2ccccc2)CC1)NNC(=O)c1cncn1-c1ccccc1. The number of hydrogen-bond donors (Lipinski definition) is 2. The first-order valence-electron chi connectivity index (χ1n) is 10.4. The summed E-state index contributed by atoms with van der Waals surface area (Å²) in [5, 5.41) is 0. The van der Waals surface area contributed by atoms with E-state index in [4.69, 9.17) is 0 Å². The second kappa shape index (κ2) is 9.90. The Hall–Kier alpha value is -3.65. The number of nitrogens with zero attached hydrogens (tertiary/aromatic N) is 4. The van der Waals surface area contributed by atoms with Gasteiger partial charge in [0.05, 0.1) is 12.5 Å². The van der Waals surface area contributed by atoms with E-state index >= 15 is 0 Å². The van der Waals surface area contributed by atoms with Crippen LogP contribution in [0.4, 0.5) is 5.69 Å². The molecule has 2 N–H and O–H groups in total. The normalized spacial score (nSPS) is 14.3. The first-order valence-corrected chi connectivity index (χ1v) is 10.4. The van der Waals surface area contributed by atoms with Gasteiger partial charge in [0.15, 0.2) is 0 Å². The van der Waals surface area contributed by atoms with E-state index in [-0.39, 0.29) is 5.91 Å². The van der Waals surface area contributed by atoms with Crippen molar-refractivity contribution >= 4 is 17.5 Å². The number of anilines is 1. The molecule has 0 unspecified atom stereocenters. The van der Waals surface area contributed by atoms with E-state index in [9.17, 15) is 9.59 Å². The van der Waals surface area contributed by atoms with Crippen LogP contribution in [0.3, 0.4) is 0 Å². The molecule has 8 heteroatoms. The second-order valence-corrected chi connectivity index (χ2v) is 7.40. The van der Waals surface area contributed by atoms with Crippen LogP contribution in [0, 0.1) is 0 Å². The average molecular weight is 419 g/mol. The van der Waals surface area contributed by atoms with Gasteiger partial charge in [-0.3, -0.25) is 29.9 Å². The average Bonchev–Trinajstić information content (AvgIpc) is 3.33. The number of imidazole rings is 1. The Labute approximate surface area is 181 Å². The molecule has 0 atom stereocenters. The third-order valence-electron chi connectivity index (χ3n) is 5.37. The molecular weight excluding hydrogens is 392 g/mol. The molecule has 1 aliphatic heterocycles. The zero-order valence-electron chi connectivity index (χ0n) is 17.3. The smallest absolute Gasteiger partial charge is 0.288 e. The number of para-hydroxylation sites is 2. The van der Waals surface area contributed by atoms with Gasteiger partial charge >= 0.3 is 0 Å². The summed E-state index contributed by atoms with van der Waals surface area (Å²) in [7, 11) is 0. The molecule has 8 nitrogen and oxygen atoms in total. The first kappa shape index (κ1) is 20.6. The molecule has 2 heterocycles. The maximum atomic E-state index is 12.5. The lowest BCUT2D eigenvalue weighted by atomic mass is 10.2. The fraction of sp³-hybridized carbons (Fsp3) is 0.261. The van der Waals surface area contributed by atoms with Crippen molar-refractivity contribution in [3.8, 4) is 5.69 Å². The third kappa shape index (κ3) is 5.29. The maximum absolute atomic E-state index is 12.5. The molecule has 2 amide bonds. The first-order chi connectivity index (χ1) is 15.2. The summed E-state index contributed by atoms with van der Waals surface area (Å²) in [6.45, 7) is 4.35. The van der Waals surface area contributed by atoms with Gasteiger partial charge in [-0.15, -0.1) is 0 Å². The van der Waals surface area contributed by atoms with Crippen molar-refractivity contribution in [1.82, 2.24) is 25.3 Å². The number of carbonyl (C=O) groups excluding carboxylic acids is 2. The van der Waals surface area contributed by atoms with Crippen LogP contribution >= 0.6 is 0 Å². The van der Waals surface area contributed by atoms with Gasteiger partial charge in [0.1, 0.15) is 5.69 Å². The Morgan fingerprint density at radius 2 is 1.48 bits per heavy atom. The standard InChI is InChI=1S/C23H26N6O2/c30-22(11-12-27-13-15-28(16-14-27)19-7-3-1-4-8-19)25-26-23(31)21-17-24-18-29(21)20-9-5-2-6-10-20/h1-10,17-18H,11-16H2,(H,25,30)(H,26,31). The Morgan fingerprint density at radius 3 is 2.16 bits per heavy atom. The summed E-state index contributed by atoms with van der Waals surface area (Å²) in [4.78, 5) is 33.4. The van der Waals surface area contributed by atoms with E-state index in [0.29, 0.717) is 18.7 Å². The molecule has 0 bridgehead atoms. The van der Waals surface area contributed by atoms with Gasteiger partial charge in [0, 0.05) is 50.5 Å². The van der Waals surface area contributed by atoms with Gasteiger partial charge in [-0.1, -0.05) is 36.4 Å². The van der Waals surface area contributed by atoms with Gasteiger partial charge in [-0.2, -0.15) is 0 Å². The van der Waals surface area contributed by atoms with Crippen LogP contribution < -0.4 is 15.8 Å². The van der Waals surface area contributed by atoms with Crippen molar-refractivity contribution < 1.29 is 9.59 Å². The lowest BCUT2D eigenvalue weighted by Crippen LogP contribution is -2.48. The second-order valence-electron chi connectivity index (χ2n) is 7.40. The predicted octanol–water partition coefficient (Wildman–Crippen LogP) is 1.85. The summed E-state index contributed by atoms with van der Waals surface area (Å²) < 4.78 is 1.67. The fourth-order valence-electron chi connectivity index (χ4n) is 3.64. The van der Waals surface area contributed by atoms with Crippen LogP contribution in [0.5, 0.6) is 0 Å². The van der Waals surface area contributed by atoms with Crippen LogP contribution in [0.25, 0.3) is 5.69 Å². The van der Waals surface area contributed by atoms with E-state index in [2.05, 4.69) is 37.8 Å². The van der Waals surface area contributed by atoms with Gasteiger partial charge in [-0.05, 0) is 24.3 Å². The highest BCUT2D eigenvalue weighted by Gasteiger charge is 2.18. The van der Waals surface area contributed by atoms with E-state index in [0.717, 1.165) is 31.9 Å². The van der Waals surface area contributed by atoms with Crippen molar-refractivity contribution in [2.45, 2.75) is 6.42 Å². The number of rotatable bonds is 6. The minimum Gasteiger partial charge on any atom is -0.369 e. The van der Waals surface area contributed by atoms with Crippen molar-refractivity contribution in [2.24, 2.45) is 0 Å². The number of benzene rings is 2. The topological polar surface area (TPSA) is 82.5 Å². The highest BCUT2D eigenvalue weighted by atomic mass is 16.2. The van der Waals surface area contributed by atoms with Crippen LogP contribution in [-0.2, 0) is 4.79 Å². The lowest BCUT2D eigenvalue weighted by Gasteiger charge is -2.36. The highest BCUT2D eigenvalue weighted by molar-refractivity contribution is 5.94. The highest BCUT2D eigenvalue weighted by Crippen LogP contribution is 2.15. The number of amides is 2. The quantitative estimate of drug-likeness (QED) is 0.597. The number of hydrogen-bond acceptors (Lipinski definition) is 5. The molecule has 4 rings (SSSR count). The monoisotopic (exact) mass is 418 g/mol. The number of nitrogens with one attached hydrogen (secondary N) is 2. The van der Waals surface area contributed by atoms with E-state index in [1.807, 2.05) is 48.5 Å². The molecule has 1 aliphatic rings. The lowest BCUT2D eigenvalue weighted by molar-refractivity contribution is -0.122. The summed E-state index contributed by atoms with van der Waals surface area (Å²) in [6.07, 6.45) is 3.37. The maximum Gasteiger partial charge on any atom is 0.288 e. The Balaban J connectivity index is 1.20. The van der Waals surface area contributed by atoms with Crippen molar-refractivity contribution in [3.05, 3.63) is 78.9 Å². The molecule has 0 radical (unpaired) electrons. The predicted molar refractivity (Wildman–Crippen MR) is 119 cm³/mol. The molecule has 3 aromatic rings. The summed E-state index contributed by atoms with van der Waals surface area (Å²) in [6, 6.07) is 19.8. The number of carbonyl (C=O) groups is 2. The van der Waals surface area contributed by atoms with Crippen molar-refractivity contribution in [3.63, 3.8) is 0 Å². The molecule has 31 heavy (non-hydrogen) atoms. The molecule has 160 valence electrons. The fourth-order valence-corrected chi connectivity index (χ4v) is 3.64. The summed E-state index contributed by atoms with van der Waals surface area (Å²) in [5.74, 6) is -0.629. The zero-order chi connectivity index (χ0) is 21.5. The van der Waals surface area contributed by atoms with Crippen LogP contribution in [0.2, 0.25) is 0 Å². The number of aromatic nitrogens is 2. The molecule has 0 aliphatic carbocycles. The Bertz CT molecular complexity index is 997. The Morgan fingerprint density at radius 1 is 0.839 bits per heavy atom. The van der Waals surface area contributed by atoms with E-state index < -0.39 is 5.91 Å². The van der Waals surface area contributed by atoms with Gasteiger partial charge < -0.3 is 4.90 Å². The zero-order valence-corrected chi connectivity index (χ0v) is 17.3. The largest absolute Gasteiger partial charge is 0.369 e. The van der Waals surface area contributed by atoms with Gasteiger partial charge in [0.25, 0.3) is 5.91 Å². The summed E-state index contributed by atoms with van der Waals surface area (Å²) in [5.41, 5.74) is 7.40. The van der Waals surface area contributed by atoms with Crippen LogP contribution in [0.15, 0.2) is 73.2 Å². The van der Waals surface area contributed by atoms with Crippen molar-refractivity contribution in [1.29, 1.82) is 0 Å². The van der Waals surface area contributed by atoms with E-state index in [1.165, 1.54) is 11.9 Å².